The van der Waals surface area contributed by atoms with Gasteiger partial charge >= 0.3 is 0 Å². The summed E-state index contributed by atoms with van der Waals surface area (Å²) in [6.07, 6.45) is 5.41. The molecule has 1 spiro atoms. The summed E-state index contributed by atoms with van der Waals surface area (Å²) in [5, 5.41) is 0. The maximum atomic E-state index is 13.1. The van der Waals surface area contributed by atoms with Crippen molar-refractivity contribution in [2.75, 3.05) is 7.05 Å². The molecule has 2 aromatic heterocycles. The van der Waals surface area contributed by atoms with Gasteiger partial charge in [0.15, 0.2) is 0 Å². The number of amides is 1. The van der Waals surface area contributed by atoms with Gasteiger partial charge in [0, 0.05) is 30.6 Å². The first kappa shape index (κ1) is 14.4. The second-order valence-electron chi connectivity index (χ2n) is 6.76. The van der Waals surface area contributed by atoms with Crippen LogP contribution >= 0.6 is 0 Å². The predicted molar refractivity (Wildman–Crippen MR) is 92.0 cm³/mol. The van der Waals surface area contributed by atoms with Crippen LogP contribution in [0.3, 0.4) is 0 Å². The molecule has 0 bridgehead atoms. The van der Waals surface area contributed by atoms with E-state index >= 15 is 0 Å². The Morgan fingerprint density at radius 1 is 1.12 bits per heavy atom. The molecule has 1 aromatic carbocycles. The van der Waals surface area contributed by atoms with Crippen molar-refractivity contribution in [2.45, 2.75) is 18.4 Å². The molecule has 4 nitrogen and oxygen atoms in total. The van der Waals surface area contributed by atoms with Crippen LogP contribution in [0.2, 0.25) is 0 Å². The fourth-order valence-corrected chi connectivity index (χ4v) is 3.89. The van der Waals surface area contributed by atoms with Crippen molar-refractivity contribution in [3.63, 3.8) is 0 Å². The van der Waals surface area contributed by atoms with E-state index in [4.69, 9.17) is 0 Å². The first-order valence-electron chi connectivity index (χ1n) is 8.32. The van der Waals surface area contributed by atoms with Gasteiger partial charge in [-0.15, -0.1) is 0 Å². The number of pyridine rings is 1. The molecule has 0 radical (unpaired) electrons. The van der Waals surface area contributed by atoms with Crippen LogP contribution in [0.15, 0.2) is 54.9 Å². The fourth-order valence-electron chi connectivity index (χ4n) is 3.89. The molecule has 1 fully saturated rings. The van der Waals surface area contributed by atoms with Gasteiger partial charge in [-0.05, 0) is 48.7 Å². The Balaban J connectivity index is 1.75. The number of carbonyl (C=O) groups is 1. The van der Waals surface area contributed by atoms with Gasteiger partial charge in [-0.25, -0.2) is 4.98 Å². The molecule has 0 atom stereocenters. The molecular weight excluding hydrogens is 317 g/mol. The van der Waals surface area contributed by atoms with E-state index in [-0.39, 0.29) is 11.4 Å². The van der Waals surface area contributed by atoms with Crippen molar-refractivity contribution >= 4 is 5.91 Å². The Bertz CT molecular complexity index is 1000. The molecule has 3 aromatic rings. The number of fused-ring (bicyclic) bond motifs is 4. The van der Waals surface area contributed by atoms with Crippen molar-refractivity contribution in [1.29, 1.82) is 0 Å². The highest BCUT2D eigenvalue weighted by molar-refractivity contribution is 5.95. The van der Waals surface area contributed by atoms with Gasteiger partial charge in [-0.2, -0.15) is 4.39 Å². The first-order valence-corrected chi connectivity index (χ1v) is 8.32. The number of carbonyl (C=O) groups excluding carboxylic acids is 1. The topological polar surface area (TPSA) is 38.1 Å². The summed E-state index contributed by atoms with van der Waals surface area (Å²) in [6.45, 7) is 0. The van der Waals surface area contributed by atoms with Gasteiger partial charge in [0.25, 0.3) is 5.91 Å². The number of nitrogens with zero attached hydrogens (tertiary/aromatic N) is 3. The summed E-state index contributed by atoms with van der Waals surface area (Å²) in [7, 11) is 1.89. The van der Waals surface area contributed by atoms with Crippen LogP contribution in [0.4, 0.5) is 4.39 Å². The van der Waals surface area contributed by atoms with Crippen molar-refractivity contribution in [3.05, 3.63) is 72.1 Å². The molecular formula is C20H16FN3O. The van der Waals surface area contributed by atoms with Crippen LogP contribution in [0.1, 0.15) is 28.9 Å². The normalized spacial score (nSPS) is 17.2. The molecule has 1 aliphatic heterocycles. The lowest BCUT2D eigenvalue weighted by Gasteiger charge is -2.27. The fraction of sp³-hybridized carbons (Fsp3) is 0.200. The molecule has 0 N–H and O–H groups in total. The van der Waals surface area contributed by atoms with Crippen molar-refractivity contribution in [1.82, 2.24) is 14.5 Å². The Hall–Kier alpha value is -2.95. The summed E-state index contributed by atoms with van der Waals surface area (Å²) >= 11 is 0. The SMILES string of the molecule is CN1C(=O)c2cccn2-c2cc(-c3ccc(F)nc3)ccc2C12CC2. The van der Waals surface area contributed by atoms with Gasteiger partial charge in [-0.1, -0.05) is 12.1 Å². The van der Waals surface area contributed by atoms with E-state index in [1.165, 1.54) is 12.3 Å². The zero-order valence-corrected chi connectivity index (χ0v) is 13.7. The number of hydrogen-bond acceptors (Lipinski definition) is 2. The average molecular weight is 333 g/mol. The highest BCUT2D eigenvalue weighted by Crippen LogP contribution is 2.54. The number of rotatable bonds is 1. The number of benzene rings is 1. The standard InChI is InChI=1S/C20H16FN3O/c1-23-19(25)16-3-2-10-24(16)17-11-13(14-5-7-18(21)22-12-14)4-6-15(17)20(23)8-9-20/h2-7,10-12H,8-9H2,1H3. The van der Waals surface area contributed by atoms with Crippen LogP contribution in [-0.2, 0) is 5.54 Å². The van der Waals surface area contributed by atoms with Gasteiger partial charge in [0.05, 0.1) is 11.2 Å². The molecule has 0 unspecified atom stereocenters. The third-order valence-electron chi connectivity index (χ3n) is 5.46. The molecule has 0 saturated heterocycles. The van der Waals surface area contributed by atoms with E-state index in [2.05, 4.69) is 17.1 Å². The Kier molecular flexibility index (Phi) is 2.76. The number of halogens is 1. The molecule has 25 heavy (non-hydrogen) atoms. The molecule has 5 heteroatoms. The molecule has 5 rings (SSSR count). The summed E-state index contributed by atoms with van der Waals surface area (Å²) in [4.78, 5) is 18.5. The third kappa shape index (κ3) is 1.92. The van der Waals surface area contributed by atoms with Gasteiger partial charge < -0.3 is 9.47 Å². The van der Waals surface area contributed by atoms with E-state index in [0.717, 1.165) is 35.2 Å². The average Bonchev–Trinajstić information content (AvgIpc) is 3.30. The lowest BCUT2D eigenvalue weighted by Crippen LogP contribution is -2.36. The third-order valence-corrected chi connectivity index (χ3v) is 5.46. The van der Waals surface area contributed by atoms with Crippen molar-refractivity contribution in [2.24, 2.45) is 0 Å². The second kappa shape index (κ2) is 4.79. The predicted octanol–water partition coefficient (Wildman–Crippen LogP) is 3.75. The smallest absolute Gasteiger partial charge is 0.271 e. The Morgan fingerprint density at radius 3 is 2.64 bits per heavy atom. The van der Waals surface area contributed by atoms with Crippen molar-refractivity contribution in [3.8, 4) is 16.8 Å². The summed E-state index contributed by atoms with van der Waals surface area (Å²) < 4.78 is 15.1. The first-order chi connectivity index (χ1) is 12.1. The van der Waals surface area contributed by atoms with Crippen molar-refractivity contribution < 1.29 is 9.18 Å². The molecule has 3 heterocycles. The maximum Gasteiger partial charge on any atom is 0.271 e. The van der Waals surface area contributed by atoms with E-state index in [0.29, 0.717) is 5.69 Å². The minimum atomic E-state index is -0.490. The van der Waals surface area contributed by atoms with Crippen LogP contribution in [0, 0.1) is 5.95 Å². The van der Waals surface area contributed by atoms with Crippen LogP contribution in [-0.4, -0.2) is 27.4 Å². The highest BCUT2D eigenvalue weighted by atomic mass is 19.1. The molecule has 1 aliphatic carbocycles. The largest absolute Gasteiger partial charge is 0.331 e. The summed E-state index contributed by atoms with van der Waals surface area (Å²) in [5.74, 6) is -0.445. The zero-order chi connectivity index (χ0) is 17.2. The van der Waals surface area contributed by atoms with E-state index in [9.17, 15) is 9.18 Å². The molecule has 1 saturated carbocycles. The van der Waals surface area contributed by atoms with Gasteiger partial charge in [0.2, 0.25) is 5.95 Å². The maximum absolute atomic E-state index is 13.1. The lowest BCUT2D eigenvalue weighted by atomic mass is 9.97. The minimum Gasteiger partial charge on any atom is -0.331 e. The second-order valence-corrected chi connectivity index (χ2v) is 6.76. The number of aromatic nitrogens is 2. The highest BCUT2D eigenvalue weighted by Gasteiger charge is 2.53. The Labute approximate surface area is 144 Å². The molecule has 124 valence electrons. The lowest BCUT2D eigenvalue weighted by molar-refractivity contribution is 0.0705. The Morgan fingerprint density at radius 2 is 1.92 bits per heavy atom. The van der Waals surface area contributed by atoms with Gasteiger partial charge in [-0.3, -0.25) is 4.79 Å². The van der Waals surface area contributed by atoms with Crippen LogP contribution in [0.5, 0.6) is 0 Å². The van der Waals surface area contributed by atoms with Crippen LogP contribution in [0.25, 0.3) is 16.8 Å². The molecule has 1 amide bonds. The van der Waals surface area contributed by atoms with E-state index in [1.807, 2.05) is 40.9 Å². The van der Waals surface area contributed by atoms with E-state index in [1.54, 1.807) is 6.07 Å². The zero-order valence-electron chi connectivity index (χ0n) is 13.7. The molecule has 2 aliphatic rings. The van der Waals surface area contributed by atoms with Crippen LogP contribution < -0.4 is 0 Å². The number of hydrogen-bond donors (Lipinski definition) is 0. The summed E-state index contributed by atoms with van der Waals surface area (Å²) in [5.41, 5.74) is 4.45. The van der Waals surface area contributed by atoms with Gasteiger partial charge in [0.1, 0.15) is 5.69 Å². The monoisotopic (exact) mass is 333 g/mol. The summed E-state index contributed by atoms with van der Waals surface area (Å²) in [6, 6.07) is 13.0. The quantitative estimate of drug-likeness (QED) is 0.636. The van der Waals surface area contributed by atoms with E-state index < -0.39 is 5.95 Å². The minimum absolute atomic E-state index is 0.0451.